The van der Waals surface area contributed by atoms with Crippen LogP contribution in [0.5, 0.6) is 0 Å². The molecule has 0 radical (unpaired) electrons. The number of aromatic nitrogens is 8. The van der Waals surface area contributed by atoms with Gasteiger partial charge in [0.2, 0.25) is 5.56 Å². The van der Waals surface area contributed by atoms with Gasteiger partial charge < -0.3 is 9.30 Å². The minimum absolute atomic E-state index is 0.0504. The van der Waals surface area contributed by atoms with E-state index < -0.39 is 0 Å². The van der Waals surface area contributed by atoms with Crippen LogP contribution in [0.3, 0.4) is 0 Å². The molecule has 2 aliphatic heterocycles. The fourth-order valence-corrected chi connectivity index (χ4v) is 11.1. The average molecular weight is 1450 g/mol. The maximum atomic E-state index is 12.4. The molecule has 0 saturated carbocycles. The van der Waals surface area contributed by atoms with Crippen molar-refractivity contribution >= 4 is 27.2 Å². The van der Waals surface area contributed by atoms with E-state index in [1.165, 1.54) is 66.9 Å². The molecule has 1 unspecified atom stereocenters. The number of nitrogens with one attached hydrogen (secondary N) is 1. The third kappa shape index (κ3) is 34.8. The van der Waals surface area contributed by atoms with E-state index in [9.17, 15) is 9.18 Å². The van der Waals surface area contributed by atoms with Gasteiger partial charge in [0.25, 0.3) is 0 Å². The van der Waals surface area contributed by atoms with Crippen LogP contribution in [0.2, 0.25) is 0 Å². The number of rotatable bonds is 10. The van der Waals surface area contributed by atoms with Crippen LogP contribution in [0.25, 0.3) is 15.1 Å². The fourth-order valence-electron chi connectivity index (χ4n) is 10.2. The standard InChI is InChI=1S/C11H14N2.C11H13NS.C10H15N.C10H11N.C9H11F.C9H13NO.C9H13N.C8H14O.C7H12N2.C6H10N2/c2*1-7(2)9-4-5-10-11(6-9)13-8(3)12-10;1-7(2)10-5-8(3)11-9(4)6-10;1-8(2)9-4-6-10(11-3)7-5-9;1-7(2)8-3-5-9(10)6-4-8;1-7(2)8-4-5-9(11)10(3)6-8;1-7(2)9-4-5-10-8(3)6-9;1-7(2)8-3-5-9-6-4-8;1-6(2)7-4-8-9(3)5-7;1-5(2)6-3-7-8-4-6/h4-8H,1-3H3;4-7H,1-3H3;5-7H,1-4H3;4-8H,1-2H3;3-7H,1-2H3;4-7H,1-3H3;4-7H,1-3H3;3,7H,4-6H2,1-2H3;4-6H,1-3H3;3-5H,1-2H3,(H,7,8). The first-order valence-corrected chi connectivity index (χ1v) is 38.2. The molecule has 4 aromatic carbocycles. The van der Waals surface area contributed by atoms with E-state index in [1.54, 1.807) is 34.6 Å². The molecule has 0 bridgehead atoms. The number of hydrogen-bond acceptors (Lipinski definition) is 10. The summed E-state index contributed by atoms with van der Waals surface area (Å²) in [4.78, 5) is 36.0. The van der Waals surface area contributed by atoms with Crippen LogP contribution in [-0.4, -0.2) is 58.9 Å². The maximum absolute atomic E-state index is 12.4. The molecule has 2 aliphatic rings. The van der Waals surface area contributed by atoms with Crippen molar-refractivity contribution in [2.24, 2.45) is 30.0 Å². The number of benzene rings is 4. The Morgan fingerprint density at radius 1 is 0.524 bits per heavy atom. The van der Waals surface area contributed by atoms with Gasteiger partial charge in [0.05, 0.1) is 58.1 Å². The summed E-state index contributed by atoms with van der Waals surface area (Å²) in [6.07, 6.45) is 14.9. The lowest BCUT2D eigenvalue weighted by atomic mass is 9.99. The van der Waals surface area contributed by atoms with E-state index in [-0.39, 0.29) is 17.5 Å². The van der Waals surface area contributed by atoms with Gasteiger partial charge in [0, 0.05) is 62.0 Å². The molecule has 0 aliphatic carbocycles. The number of halogens is 1. The quantitative estimate of drug-likeness (QED) is 0.106. The summed E-state index contributed by atoms with van der Waals surface area (Å²) in [5.74, 6) is 5.66. The Bertz CT molecular complexity index is 4360. The summed E-state index contributed by atoms with van der Waals surface area (Å²) in [6, 6.07) is 39.3. The first-order valence-electron chi connectivity index (χ1n) is 37.4. The summed E-state index contributed by atoms with van der Waals surface area (Å²) >= 11 is 1.77. The molecule has 566 valence electrons. The van der Waals surface area contributed by atoms with E-state index in [0.717, 1.165) is 63.6 Å². The van der Waals surface area contributed by atoms with Crippen LogP contribution in [-0.2, 0) is 18.8 Å². The highest BCUT2D eigenvalue weighted by atomic mass is 32.1. The smallest absolute Gasteiger partial charge is 0.250 e. The van der Waals surface area contributed by atoms with Gasteiger partial charge in [-0.2, -0.15) is 10.2 Å². The van der Waals surface area contributed by atoms with E-state index in [4.69, 9.17) is 11.3 Å². The number of pyridine rings is 3. The normalized spacial score (nSPS) is 12.5. The van der Waals surface area contributed by atoms with E-state index >= 15 is 0 Å². The van der Waals surface area contributed by atoms with Gasteiger partial charge >= 0.3 is 0 Å². The third-order valence-corrected chi connectivity index (χ3v) is 18.1. The molecule has 0 fully saturated rings. The summed E-state index contributed by atoms with van der Waals surface area (Å²) in [6.45, 7) is 62.0. The first-order chi connectivity index (χ1) is 49.5. The Labute approximate surface area is 635 Å². The number of nitrogens with zero attached hydrogens (tertiary/aromatic N) is 10. The zero-order valence-corrected chi connectivity index (χ0v) is 69.5. The van der Waals surface area contributed by atoms with Crippen LogP contribution in [0.15, 0.2) is 185 Å². The minimum Gasteiger partial charge on any atom is -0.377 e. The summed E-state index contributed by atoms with van der Waals surface area (Å²) in [5.41, 5.74) is 18.5. The maximum Gasteiger partial charge on any atom is 0.250 e. The SMILES string of the molecule is CC(C)C1=CCOCC1.CC(C)c1ccc(=O)n(C)c1.CC(C)c1ccc(F)cc1.CC(C)c1cn[nH]c1.CC(C)c1cnn(C)c1.CC1N=c2ccc(C(C)C)cc2=N1.Cc1cc(C(C)C)cc(C)n1.Cc1cc(C(C)C)ccn1.Cc1nc2ccc(C(C)C)cc2s1.[C-]#[N+]c1ccc(C(C)C)cc1. The molecule has 0 saturated heterocycles. The summed E-state index contributed by atoms with van der Waals surface area (Å²) in [5, 5.41) is 13.9. The number of fused-ring (bicyclic) bond motifs is 2. The predicted molar refractivity (Wildman–Crippen MR) is 443 cm³/mol. The Balaban J connectivity index is 0.000000304. The van der Waals surface area contributed by atoms with E-state index in [1.807, 2.05) is 119 Å². The highest BCUT2D eigenvalue weighted by molar-refractivity contribution is 7.18. The van der Waals surface area contributed by atoms with Crippen LogP contribution < -0.4 is 16.3 Å². The van der Waals surface area contributed by atoms with Crippen molar-refractivity contribution in [1.82, 2.24) is 39.5 Å². The van der Waals surface area contributed by atoms with Crippen molar-refractivity contribution < 1.29 is 9.13 Å². The molecule has 0 amide bonds. The highest BCUT2D eigenvalue weighted by Crippen LogP contribution is 2.26. The number of ether oxygens (including phenoxy) is 1. The van der Waals surface area contributed by atoms with Crippen molar-refractivity contribution in [2.45, 2.75) is 239 Å². The van der Waals surface area contributed by atoms with Crippen molar-refractivity contribution in [3.63, 3.8) is 0 Å². The van der Waals surface area contributed by atoms with Gasteiger partial charge in [-0.3, -0.25) is 34.5 Å². The topological polar surface area (TPSA) is 145 Å². The van der Waals surface area contributed by atoms with E-state index in [2.05, 4.69) is 257 Å². The zero-order valence-electron chi connectivity index (χ0n) is 68.6. The molecule has 13 nitrogen and oxygen atoms in total. The van der Waals surface area contributed by atoms with Crippen LogP contribution >= 0.6 is 11.3 Å². The van der Waals surface area contributed by atoms with Crippen molar-refractivity contribution in [2.75, 3.05) is 13.2 Å². The Morgan fingerprint density at radius 2 is 1.02 bits per heavy atom. The minimum atomic E-state index is -0.163. The van der Waals surface area contributed by atoms with Gasteiger partial charge in [-0.25, -0.2) is 14.2 Å². The molecule has 105 heavy (non-hydrogen) atoms. The predicted octanol–water partition coefficient (Wildman–Crippen LogP) is 23.4. The Morgan fingerprint density at radius 3 is 1.45 bits per heavy atom. The lowest BCUT2D eigenvalue weighted by Crippen LogP contribution is -2.21. The molecule has 8 heterocycles. The summed E-state index contributed by atoms with van der Waals surface area (Å²) < 4.78 is 22.3. The number of aromatic amines is 1. The van der Waals surface area contributed by atoms with Crippen LogP contribution in [0.1, 0.15) is 277 Å². The third-order valence-electron chi connectivity index (χ3n) is 17.2. The Kier molecular flexibility index (Phi) is 40.3. The fraction of sp³-hybridized carbons (Fsp3) is 0.456. The average Bonchev–Trinajstić information content (AvgIpc) is 1.74. The second-order valence-electron chi connectivity index (χ2n) is 29.8. The molecule has 15 heteroatoms. The molecule has 6 aromatic heterocycles. The molecular formula is C90H126FN11O2S. The van der Waals surface area contributed by atoms with Crippen LogP contribution in [0.4, 0.5) is 10.1 Å². The van der Waals surface area contributed by atoms with Crippen LogP contribution in [0, 0.1) is 46.0 Å². The molecule has 0 spiro atoms. The van der Waals surface area contributed by atoms with Gasteiger partial charge in [0.1, 0.15) is 12.0 Å². The van der Waals surface area contributed by atoms with Crippen molar-refractivity contribution in [3.05, 3.63) is 281 Å². The molecule has 1 N–H and O–H groups in total. The molecule has 12 rings (SSSR count). The molecule has 1 atom stereocenters. The lowest BCUT2D eigenvalue weighted by molar-refractivity contribution is 0.151. The van der Waals surface area contributed by atoms with Gasteiger partial charge in [-0.1, -0.05) is 205 Å². The van der Waals surface area contributed by atoms with E-state index in [0.29, 0.717) is 59.2 Å². The zero-order chi connectivity index (χ0) is 78.6. The van der Waals surface area contributed by atoms with Gasteiger partial charge in [0.15, 0.2) is 5.69 Å². The number of thiazole rings is 1. The highest BCUT2D eigenvalue weighted by Gasteiger charge is 2.10. The second kappa shape index (κ2) is 46.9. The molecular weight excluding hydrogens is 1320 g/mol. The van der Waals surface area contributed by atoms with Gasteiger partial charge in [-0.05, 0) is 211 Å². The monoisotopic (exact) mass is 1440 g/mol. The first kappa shape index (κ1) is 90.4. The molecule has 10 aromatic rings. The summed E-state index contributed by atoms with van der Waals surface area (Å²) in [7, 11) is 3.71. The van der Waals surface area contributed by atoms with Crippen molar-refractivity contribution in [1.29, 1.82) is 0 Å². The van der Waals surface area contributed by atoms with Crippen molar-refractivity contribution in [3.8, 4) is 0 Å². The van der Waals surface area contributed by atoms with Gasteiger partial charge in [-0.15, -0.1) is 11.3 Å². The number of hydrogen-bond donors (Lipinski definition) is 1. The second-order valence-corrected chi connectivity index (χ2v) is 31.0. The largest absolute Gasteiger partial charge is 0.377 e. The Hall–Kier alpha value is -8.84. The lowest BCUT2D eigenvalue weighted by Gasteiger charge is -2.15. The number of H-pyrrole nitrogens is 1. The number of aryl methyl sites for hydroxylation is 6.